The molecule has 0 radical (unpaired) electrons. The van der Waals surface area contributed by atoms with Crippen LogP contribution in [-0.4, -0.2) is 40.1 Å². The molecule has 0 spiro atoms. The summed E-state index contributed by atoms with van der Waals surface area (Å²) >= 11 is 0. The van der Waals surface area contributed by atoms with Gasteiger partial charge >= 0.3 is 0 Å². The van der Waals surface area contributed by atoms with Crippen molar-refractivity contribution in [1.29, 1.82) is 0 Å². The van der Waals surface area contributed by atoms with E-state index >= 15 is 0 Å². The molecule has 0 fully saturated rings. The third-order valence-corrected chi connectivity index (χ3v) is 4.98. The number of hydrogen-bond donors (Lipinski definition) is 3. The number of rotatable bonds is 4. The van der Waals surface area contributed by atoms with Crippen molar-refractivity contribution in [1.82, 2.24) is 25.3 Å². The van der Waals surface area contributed by atoms with Gasteiger partial charge in [0.15, 0.2) is 5.82 Å². The summed E-state index contributed by atoms with van der Waals surface area (Å²) in [5.74, 6) is 0.935. The van der Waals surface area contributed by atoms with E-state index in [2.05, 4.69) is 25.3 Å². The summed E-state index contributed by atoms with van der Waals surface area (Å²) in [5.41, 5.74) is 15.3. The van der Waals surface area contributed by atoms with E-state index in [4.69, 9.17) is 20.9 Å². The van der Waals surface area contributed by atoms with Gasteiger partial charge in [0.1, 0.15) is 5.75 Å². The molecule has 1 amide bonds. The second-order valence-corrected chi connectivity index (χ2v) is 6.82. The van der Waals surface area contributed by atoms with Gasteiger partial charge in [-0.3, -0.25) is 4.79 Å². The summed E-state index contributed by atoms with van der Waals surface area (Å²) in [4.78, 5) is 29.8. The Bertz CT molecular complexity index is 1150. The Morgan fingerprint density at radius 2 is 1.93 bits per heavy atom. The minimum absolute atomic E-state index is 0.142. The number of hydrogen-bond acceptors (Lipinski definition) is 9. The fourth-order valence-electron chi connectivity index (χ4n) is 3.61. The second kappa shape index (κ2) is 7.47. The minimum Gasteiger partial charge on any atom is -0.497 e. The number of carbonyl (C=O) groups is 1. The summed E-state index contributed by atoms with van der Waals surface area (Å²) in [6, 6.07) is 5.18. The maximum Gasteiger partial charge on any atom is 0.257 e. The monoisotopic (exact) mass is 407 g/mol. The van der Waals surface area contributed by atoms with Crippen molar-refractivity contribution in [3.8, 4) is 22.9 Å². The van der Waals surface area contributed by atoms with E-state index in [0.29, 0.717) is 34.8 Å². The first-order valence-electron chi connectivity index (χ1n) is 9.20. The molecule has 3 aromatic rings. The van der Waals surface area contributed by atoms with Crippen LogP contribution >= 0.6 is 0 Å². The molecule has 154 valence electrons. The first-order chi connectivity index (χ1) is 14.4. The molecule has 10 nitrogen and oxygen atoms in total. The standard InChI is InChI=1S/C20H21N7O3/c1-9-16-14(27-20(22)24-9)7-13(25-18(16)28)11-5-4-10(29-2)6-12(11)15-8-23-17(21)19(26-15)30-3/h4-6,8,13H,7H2,1-3H3,(H2,21,23)(H,25,28)(H2,22,24,27)/t13-/m1/s1. The lowest BCUT2D eigenvalue weighted by atomic mass is 9.90. The number of nitrogens with two attached hydrogens (primary N) is 2. The molecule has 1 aliphatic heterocycles. The van der Waals surface area contributed by atoms with Crippen molar-refractivity contribution < 1.29 is 14.3 Å². The van der Waals surface area contributed by atoms with Gasteiger partial charge < -0.3 is 26.3 Å². The van der Waals surface area contributed by atoms with E-state index in [0.717, 1.165) is 11.1 Å². The molecule has 1 aromatic carbocycles. The molecule has 3 heterocycles. The van der Waals surface area contributed by atoms with Crippen LogP contribution in [0, 0.1) is 6.92 Å². The third kappa shape index (κ3) is 3.32. The Kier molecular flexibility index (Phi) is 4.82. The van der Waals surface area contributed by atoms with Crippen LogP contribution in [-0.2, 0) is 6.42 Å². The molecule has 2 aromatic heterocycles. The average Bonchev–Trinajstić information content (AvgIpc) is 2.72. The van der Waals surface area contributed by atoms with Gasteiger partial charge in [-0.15, -0.1) is 0 Å². The van der Waals surface area contributed by atoms with Gasteiger partial charge in [-0.05, 0) is 24.6 Å². The van der Waals surface area contributed by atoms with Crippen LogP contribution in [0.5, 0.6) is 11.6 Å². The van der Waals surface area contributed by atoms with Crippen molar-refractivity contribution in [2.45, 2.75) is 19.4 Å². The van der Waals surface area contributed by atoms with Gasteiger partial charge in [0, 0.05) is 12.0 Å². The Hall–Kier alpha value is -3.95. The largest absolute Gasteiger partial charge is 0.497 e. The second-order valence-electron chi connectivity index (χ2n) is 6.82. The van der Waals surface area contributed by atoms with E-state index in [9.17, 15) is 4.79 Å². The Morgan fingerprint density at radius 3 is 2.67 bits per heavy atom. The fraction of sp³-hybridized carbons (Fsp3) is 0.250. The number of nitrogens with one attached hydrogen (secondary N) is 1. The van der Waals surface area contributed by atoms with Gasteiger partial charge in [-0.2, -0.15) is 0 Å². The molecule has 0 saturated heterocycles. The lowest BCUT2D eigenvalue weighted by Gasteiger charge is -2.27. The van der Waals surface area contributed by atoms with Crippen molar-refractivity contribution in [3.63, 3.8) is 0 Å². The lowest BCUT2D eigenvalue weighted by Crippen LogP contribution is -2.37. The zero-order chi connectivity index (χ0) is 21.4. The first-order valence-corrected chi connectivity index (χ1v) is 9.20. The Labute approximate surface area is 172 Å². The lowest BCUT2D eigenvalue weighted by molar-refractivity contribution is 0.0922. The molecule has 5 N–H and O–H groups in total. The van der Waals surface area contributed by atoms with Crippen molar-refractivity contribution in [2.75, 3.05) is 25.7 Å². The summed E-state index contributed by atoms with van der Waals surface area (Å²) in [7, 11) is 3.05. The predicted octanol–water partition coefficient (Wildman–Crippen LogP) is 1.45. The van der Waals surface area contributed by atoms with E-state index in [1.807, 2.05) is 18.2 Å². The van der Waals surface area contributed by atoms with Crippen LogP contribution in [0.15, 0.2) is 24.4 Å². The van der Waals surface area contributed by atoms with Crippen LogP contribution < -0.4 is 26.3 Å². The molecule has 4 rings (SSSR count). The average molecular weight is 407 g/mol. The highest BCUT2D eigenvalue weighted by Gasteiger charge is 2.31. The zero-order valence-electron chi connectivity index (χ0n) is 16.8. The highest BCUT2D eigenvalue weighted by molar-refractivity contribution is 5.98. The molecule has 0 bridgehead atoms. The number of anilines is 2. The number of amides is 1. The molecule has 1 aliphatic rings. The molecular formula is C20H21N7O3. The summed E-state index contributed by atoms with van der Waals surface area (Å²) in [6.45, 7) is 1.74. The van der Waals surface area contributed by atoms with Crippen LogP contribution in [0.2, 0.25) is 0 Å². The van der Waals surface area contributed by atoms with Crippen molar-refractivity contribution in [3.05, 3.63) is 46.9 Å². The smallest absolute Gasteiger partial charge is 0.257 e. The Balaban J connectivity index is 1.83. The SMILES string of the molecule is COc1ccc([C@H]2Cc3nc(N)nc(C)c3C(=O)N2)c(-c2cnc(N)c(OC)n2)c1. The molecule has 10 heteroatoms. The number of aryl methyl sites for hydroxylation is 1. The number of benzene rings is 1. The molecule has 1 atom stereocenters. The predicted molar refractivity (Wildman–Crippen MR) is 110 cm³/mol. The minimum atomic E-state index is -0.357. The first kappa shape index (κ1) is 19.4. The number of nitrogen functional groups attached to an aromatic ring is 2. The zero-order valence-corrected chi connectivity index (χ0v) is 16.8. The van der Waals surface area contributed by atoms with Gasteiger partial charge in [0.2, 0.25) is 5.95 Å². The van der Waals surface area contributed by atoms with Gasteiger partial charge in [-0.1, -0.05) is 6.07 Å². The topological polar surface area (TPSA) is 151 Å². The van der Waals surface area contributed by atoms with Crippen molar-refractivity contribution in [2.24, 2.45) is 0 Å². The number of fused-ring (bicyclic) bond motifs is 1. The third-order valence-electron chi connectivity index (χ3n) is 4.98. The van der Waals surface area contributed by atoms with E-state index in [1.54, 1.807) is 20.2 Å². The van der Waals surface area contributed by atoms with Gasteiger partial charge in [-0.25, -0.2) is 19.9 Å². The molecular weight excluding hydrogens is 386 g/mol. The summed E-state index contributed by atoms with van der Waals surface area (Å²) < 4.78 is 10.6. The number of methoxy groups -OCH3 is 2. The molecule has 30 heavy (non-hydrogen) atoms. The van der Waals surface area contributed by atoms with E-state index in [-0.39, 0.29) is 29.6 Å². The highest BCUT2D eigenvalue weighted by atomic mass is 16.5. The summed E-state index contributed by atoms with van der Waals surface area (Å²) in [6.07, 6.45) is 2.01. The Morgan fingerprint density at radius 1 is 1.13 bits per heavy atom. The van der Waals surface area contributed by atoms with Crippen LogP contribution in [0.1, 0.15) is 33.4 Å². The quantitative estimate of drug-likeness (QED) is 0.583. The number of carbonyl (C=O) groups excluding carboxylic acids is 1. The van der Waals surface area contributed by atoms with Crippen LogP contribution in [0.3, 0.4) is 0 Å². The number of aromatic nitrogens is 4. The fourth-order valence-corrected chi connectivity index (χ4v) is 3.61. The van der Waals surface area contributed by atoms with Crippen LogP contribution in [0.4, 0.5) is 11.8 Å². The summed E-state index contributed by atoms with van der Waals surface area (Å²) in [5, 5.41) is 3.03. The maximum absolute atomic E-state index is 12.8. The normalized spacial score (nSPS) is 15.3. The molecule has 0 saturated carbocycles. The van der Waals surface area contributed by atoms with Crippen LogP contribution in [0.25, 0.3) is 11.3 Å². The number of nitrogens with zero attached hydrogens (tertiary/aromatic N) is 4. The van der Waals surface area contributed by atoms with Gasteiger partial charge in [0.05, 0.1) is 49.1 Å². The van der Waals surface area contributed by atoms with E-state index < -0.39 is 0 Å². The number of ether oxygens (including phenoxy) is 2. The maximum atomic E-state index is 12.8. The molecule has 0 unspecified atom stereocenters. The van der Waals surface area contributed by atoms with E-state index in [1.165, 1.54) is 7.11 Å². The van der Waals surface area contributed by atoms with Crippen molar-refractivity contribution >= 4 is 17.7 Å². The van der Waals surface area contributed by atoms with Gasteiger partial charge in [0.25, 0.3) is 11.8 Å². The molecule has 0 aliphatic carbocycles. The highest BCUT2D eigenvalue weighted by Crippen LogP contribution is 2.35.